The molecule has 0 spiro atoms. The lowest BCUT2D eigenvalue weighted by atomic mass is 10.1. The molecule has 0 saturated carbocycles. The second-order valence-electron chi connectivity index (χ2n) is 4.53. The zero-order valence-electron chi connectivity index (χ0n) is 12.7. The van der Waals surface area contributed by atoms with Gasteiger partial charge in [-0.25, -0.2) is 17.9 Å². The van der Waals surface area contributed by atoms with Crippen molar-refractivity contribution in [2.45, 2.75) is 4.90 Å². The summed E-state index contributed by atoms with van der Waals surface area (Å²) in [5.74, 6) is 5.12. The molecule has 2 rings (SSSR count). The van der Waals surface area contributed by atoms with Crippen LogP contribution in [0.5, 0.6) is 0 Å². The number of hydrogen-bond acceptors (Lipinski definition) is 4. The number of carbonyl (C=O) groups is 1. The summed E-state index contributed by atoms with van der Waals surface area (Å²) in [5.41, 5.74) is 1.21. The molecular weight excluding hydrogens is 314 g/mol. The van der Waals surface area contributed by atoms with Gasteiger partial charge >= 0.3 is 5.97 Å². The first-order valence-corrected chi connectivity index (χ1v) is 8.19. The summed E-state index contributed by atoms with van der Waals surface area (Å²) in [6.45, 7) is 0. The summed E-state index contributed by atoms with van der Waals surface area (Å²) in [7, 11) is -1.22. The number of hydrogen-bond donors (Lipinski definition) is 1. The zero-order chi connectivity index (χ0) is 16.9. The molecule has 6 heteroatoms. The van der Waals surface area contributed by atoms with Crippen molar-refractivity contribution in [3.63, 3.8) is 0 Å². The largest absolute Gasteiger partial charge is 0.465 e. The molecule has 5 nitrogen and oxygen atoms in total. The molecular formula is C17H15NO4S. The molecule has 2 aromatic rings. The lowest BCUT2D eigenvalue weighted by Crippen LogP contribution is -2.20. The van der Waals surface area contributed by atoms with Gasteiger partial charge in [0.25, 0.3) is 0 Å². The molecule has 0 heterocycles. The number of ether oxygens (including phenoxy) is 1. The van der Waals surface area contributed by atoms with Gasteiger partial charge in [0.2, 0.25) is 10.0 Å². The van der Waals surface area contributed by atoms with Crippen LogP contribution in [0.4, 0.5) is 0 Å². The predicted octanol–water partition coefficient (Wildman–Crippen LogP) is 1.78. The fourth-order valence-corrected chi connectivity index (χ4v) is 2.77. The van der Waals surface area contributed by atoms with Gasteiger partial charge in [-0.2, -0.15) is 0 Å². The van der Waals surface area contributed by atoms with Crippen LogP contribution in [0.3, 0.4) is 0 Å². The van der Waals surface area contributed by atoms with Crippen molar-refractivity contribution in [1.29, 1.82) is 0 Å². The summed E-state index contributed by atoms with van der Waals surface area (Å²) in [6.07, 6.45) is 0. The standard InChI is InChI=1S/C17H15NO4S/c1-18-23(20,21)16-12-15(17(19)22-2)11-10-14(16)9-8-13-6-4-3-5-7-13/h3-7,10-12,18H,1-2H3. The van der Waals surface area contributed by atoms with Gasteiger partial charge in [0.15, 0.2) is 0 Å². The molecule has 0 unspecified atom stereocenters. The van der Waals surface area contributed by atoms with Gasteiger partial charge in [0, 0.05) is 11.1 Å². The molecule has 0 aromatic heterocycles. The van der Waals surface area contributed by atoms with E-state index in [1.807, 2.05) is 30.3 Å². The van der Waals surface area contributed by atoms with Crippen LogP contribution in [0.1, 0.15) is 21.5 Å². The van der Waals surface area contributed by atoms with E-state index < -0.39 is 16.0 Å². The maximum Gasteiger partial charge on any atom is 0.337 e. The minimum Gasteiger partial charge on any atom is -0.465 e. The summed E-state index contributed by atoms with van der Waals surface area (Å²) in [6, 6.07) is 13.4. The maximum absolute atomic E-state index is 12.2. The fraction of sp³-hybridized carbons (Fsp3) is 0.118. The Bertz CT molecular complexity index is 878. The summed E-state index contributed by atoms with van der Waals surface area (Å²) in [4.78, 5) is 11.5. The Hall–Kier alpha value is -2.62. The van der Waals surface area contributed by atoms with Gasteiger partial charge in [0.1, 0.15) is 0 Å². The van der Waals surface area contributed by atoms with Gasteiger partial charge < -0.3 is 4.74 Å². The van der Waals surface area contributed by atoms with Crippen LogP contribution in [0.25, 0.3) is 0 Å². The van der Waals surface area contributed by atoms with Gasteiger partial charge in [-0.15, -0.1) is 0 Å². The lowest BCUT2D eigenvalue weighted by molar-refractivity contribution is 0.0600. The first kappa shape index (κ1) is 16.7. The van der Waals surface area contributed by atoms with E-state index in [0.717, 1.165) is 5.56 Å². The Labute approximate surface area is 135 Å². The molecule has 0 fully saturated rings. The van der Waals surface area contributed by atoms with Crippen molar-refractivity contribution in [2.24, 2.45) is 0 Å². The van der Waals surface area contributed by atoms with E-state index in [9.17, 15) is 13.2 Å². The second-order valence-corrected chi connectivity index (χ2v) is 6.38. The van der Waals surface area contributed by atoms with Gasteiger partial charge in [-0.3, -0.25) is 0 Å². The number of rotatable bonds is 3. The minimum absolute atomic E-state index is 0.0636. The Morgan fingerprint density at radius 1 is 1.09 bits per heavy atom. The third kappa shape index (κ3) is 3.97. The van der Waals surface area contributed by atoms with Crippen molar-refractivity contribution in [3.05, 3.63) is 65.2 Å². The smallest absolute Gasteiger partial charge is 0.337 e. The Morgan fingerprint density at radius 2 is 1.78 bits per heavy atom. The molecule has 0 saturated heterocycles. The van der Waals surface area contributed by atoms with E-state index in [-0.39, 0.29) is 10.5 Å². The molecule has 1 N–H and O–H groups in total. The first-order chi connectivity index (χ1) is 11.0. The van der Waals surface area contributed by atoms with E-state index in [0.29, 0.717) is 5.56 Å². The predicted molar refractivity (Wildman–Crippen MR) is 86.4 cm³/mol. The lowest BCUT2D eigenvalue weighted by Gasteiger charge is -2.07. The van der Waals surface area contributed by atoms with E-state index in [1.54, 1.807) is 0 Å². The molecule has 0 atom stereocenters. The molecule has 0 amide bonds. The van der Waals surface area contributed by atoms with Crippen molar-refractivity contribution < 1.29 is 17.9 Å². The fourth-order valence-electron chi connectivity index (χ4n) is 1.86. The highest BCUT2D eigenvalue weighted by Gasteiger charge is 2.18. The number of methoxy groups -OCH3 is 1. The number of nitrogens with one attached hydrogen (secondary N) is 1. The number of sulfonamides is 1. The average Bonchev–Trinajstić information content (AvgIpc) is 2.60. The Balaban J connectivity index is 2.56. The normalized spacial score (nSPS) is 10.5. The summed E-state index contributed by atoms with van der Waals surface area (Å²) < 4.78 is 31.2. The molecule has 0 aliphatic carbocycles. The van der Waals surface area contributed by atoms with E-state index in [2.05, 4.69) is 21.3 Å². The van der Waals surface area contributed by atoms with E-state index >= 15 is 0 Å². The molecule has 23 heavy (non-hydrogen) atoms. The second kappa shape index (κ2) is 7.09. The molecule has 0 aliphatic heterocycles. The Kier molecular flexibility index (Phi) is 5.16. The van der Waals surface area contributed by atoms with Crippen molar-refractivity contribution >= 4 is 16.0 Å². The van der Waals surface area contributed by atoms with Crippen LogP contribution in [0.15, 0.2) is 53.4 Å². The van der Waals surface area contributed by atoms with Crippen molar-refractivity contribution in [3.8, 4) is 11.8 Å². The monoisotopic (exact) mass is 329 g/mol. The van der Waals surface area contributed by atoms with Crippen molar-refractivity contribution in [1.82, 2.24) is 4.72 Å². The van der Waals surface area contributed by atoms with Crippen LogP contribution >= 0.6 is 0 Å². The molecule has 2 aromatic carbocycles. The van der Waals surface area contributed by atoms with Crippen molar-refractivity contribution in [2.75, 3.05) is 14.2 Å². The first-order valence-electron chi connectivity index (χ1n) is 6.71. The van der Waals surface area contributed by atoms with Crippen LogP contribution in [0, 0.1) is 11.8 Å². The minimum atomic E-state index is -3.76. The number of benzene rings is 2. The SMILES string of the molecule is CNS(=O)(=O)c1cc(C(=O)OC)ccc1C#Cc1ccccc1. The van der Waals surface area contributed by atoms with Crippen LogP contribution in [-0.4, -0.2) is 28.5 Å². The third-order valence-electron chi connectivity index (χ3n) is 3.08. The molecule has 118 valence electrons. The van der Waals surface area contributed by atoms with Crippen LogP contribution < -0.4 is 4.72 Å². The highest BCUT2D eigenvalue weighted by Crippen LogP contribution is 2.18. The molecule has 0 aliphatic rings. The summed E-state index contributed by atoms with van der Waals surface area (Å²) >= 11 is 0. The van der Waals surface area contributed by atoms with Gasteiger partial charge in [-0.05, 0) is 37.4 Å². The topological polar surface area (TPSA) is 72.5 Å². The molecule has 0 radical (unpaired) electrons. The van der Waals surface area contributed by atoms with E-state index in [4.69, 9.17) is 0 Å². The molecule has 0 bridgehead atoms. The van der Waals surface area contributed by atoms with Crippen LogP contribution in [-0.2, 0) is 14.8 Å². The maximum atomic E-state index is 12.2. The van der Waals surface area contributed by atoms with Crippen LogP contribution in [0.2, 0.25) is 0 Å². The van der Waals surface area contributed by atoms with Gasteiger partial charge in [0.05, 0.1) is 17.6 Å². The highest BCUT2D eigenvalue weighted by atomic mass is 32.2. The number of carbonyl (C=O) groups excluding carboxylic acids is 1. The third-order valence-corrected chi connectivity index (χ3v) is 4.53. The van der Waals surface area contributed by atoms with Gasteiger partial charge in [-0.1, -0.05) is 30.0 Å². The Morgan fingerprint density at radius 3 is 2.39 bits per heavy atom. The zero-order valence-corrected chi connectivity index (χ0v) is 13.5. The summed E-state index contributed by atoms with van der Waals surface area (Å²) in [5, 5.41) is 0. The average molecular weight is 329 g/mol. The number of esters is 1. The quantitative estimate of drug-likeness (QED) is 0.688. The highest BCUT2D eigenvalue weighted by molar-refractivity contribution is 7.89. The van der Waals surface area contributed by atoms with E-state index in [1.165, 1.54) is 32.4 Å².